The maximum Gasteiger partial charge on any atom is 0.247 e. The molecule has 1 aliphatic heterocycles. The van der Waals surface area contributed by atoms with E-state index >= 15 is 0 Å². The number of rotatable bonds is 7. The van der Waals surface area contributed by atoms with E-state index in [0.29, 0.717) is 30.5 Å². The van der Waals surface area contributed by atoms with Gasteiger partial charge in [-0.1, -0.05) is 62.4 Å². The number of aromatic nitrogens is 3. The summed E-state index contributed by atoms with van der Waals surface area (Å²) in [7, 11) is 0. The van der Waals surface area contributed by atoms with E-state index in [-0.39, 0.29) is 35.1 Å². The highest BCUT2D eigenvalue weighted by Crippen LogP contribution is 2.36. The smallest absolute Gasteiger partial charge is 0.247 e. The Morgan fingerprint density at radius 1 is 0.977 bits per heavy atom. The lowest BCUT2D eigenvalue weighted by atomic mass is 9.87. The van der Waals surface area contributed by atoms with Gasteiger partial charge in [0.1, 0.15) is 23.8 Å². The second kappa shape index (κ2) is 11.8. The highest BCUT2D eigenvalue weighted by Gasteiger charge is 2.49. The van der Waals surface area contributed by atoms with Crippen LogP contribution in [0.15, 0.2) is 54.7 Å². The average Bonchev–Trinajstić information content (AvgIpc) is 3.59. The number of benzene rings is 2. The van der Waals surface area contributed by atoms with E-state index in [1.54, 1.807) is 15.9 Å². The van der Waals surface area contributed by atoms with Gasteiger partial charge in [-0.25, -0.2) is 0 Å². The minimum atomic E-state index is -0.984. The van der Waals surface area contributed by atoms with E-state index in [4.69, 9.17) is 0 Å². The molecule has 2 aromatic carbocycles. The Morgan fingerprint density at radius 3 is 2.11 bits per heavy atom. The SMILES string of the molecule is CC(C)C[C@@H]1C(=O)NC(C2Cc3ccccc3C2)C(=O)N1[C@@H](C(=O)NC(C)(C)C)c1ccc(-c2cnn(C(C)(C)C)n2)cc1. The molecule has 3 atom stereocenters. The number of carbonyl (C=O) groups is 3. The Kier molecular flexibility index (Phi) is 8.44. The van der Waals surface area contributed by atoms with Crippen LogP contribution in [0.5, 0.6) is 0 Å². The normalized spacial score (nSPS) is 20.1. The van der Waals surface area contributed by atoms with Crippen LogP contribution in [0, 0.1) is 11.8 Å². The van der Waals surface area contributed by atoms with Crippen LogP contribution in [0.1, 0.15) is 84.5 Å². The quantitative estimate of drug-likeness (QED) is 0.406. The third-order valence-electron chi connectivity index (χ3n) is 8.34. The molecule has 0 bridgehead atoms. The van der Waals surface area contributed by atoms with Gasteiger partial charge in [-0.15, -0.1) is 0 Å². The van der Waals surface area contributed by atoms with E-state index in [0.717, 1.165) is 5.56 Å². The topological polar surface area (TPSA) is 109 Å². The van der Waals surface area contributed by atoms with E-state index in [1.807, 2.05) is 91.8 Å². The van der Waals surface area contributed by atoms with E-state index in [2.05, 4.69) is 33.0 Å². The molecule has 2 aliphatic rings. The zero-order valence-electron chi connectivity index (χ0n) is 27.2. The Labute approximate surface area is 260 Å². The standard InChI is InChI=1S/C35H46N6O3/c1-21(2)17-28-31(42)37-29(26-18-24-11-9-10-12-25(24)19-26)33(44)40(28)30(32(43)38-34(3,4)5)23-15-13-22(14-16-23)27-20-36-41(39-27)35(6,7)8/h9-16,20-21,26,28-30H,17-19H2,1-8H3,(H,37,42)(H,38,43)/t28-,29?,30-/m1/s1. The maximum atomic E-state index is 14.6. The predicted molar refractivity (Wildman–Crippen MR) is 170 cm³/mol. The molecule has 234 valence electrons. The first-order valence-corrected chi connectivity index (χ1v) is 15.7. The number of hydrogen-bond donors (Lipinski definition) is 2. The highest BCUT2D eigenvalue weighted by atomic mass is 16.2. The van der Waals surface area contributed by atoms with Crippen molar-refractivity contribution < 1.29 is 14.4 Å². The summed E-state index contributed by atoms with van der Waals surface area (Å²) < 4.78 is 0. The molecule has 3 aromatic rings. The molecule has 9 heteroatoms. The van der Waals surface area contributed by atoms with Gasteiger partial charge in [0.05, 0.1) is 11.7 Å². The van der Waals surface area contributed by atoms with Crippen molar-refractivity contribution in [1.29, 1.82) is 0 Å². The summed E-state index contributed by atoms with van der Waals surface area (Å²) in [5.41, 5.74) is 3.82. The second-order valence-corrected chi connectivity index (χ2v) is 14.8. The van der Waals surface area contributed by atoms with Crippen LogP contribution in [-0.2, 0) is 32.8 Å². The van der Waals surface area contributed by atoms with Gasteiger partial charge in [-0.2, -0.15) is 15.0 Å². The number of piperazine rings is 1. The number of amides is 3. The van der Waals surface area contributed by atoms with Gasteiger partial charge in [0, 0.05) is 11.1 Å². The zero-order chi connectivity index (χ0) is 32.0. The third kappa shape index (κ3) is 6.56. The first-order chi connectivity index (χ1) is 20.6. The van der Waals surface area contributed by atoms with Crippen molar-refractivity contribution in [3.8, 4) is 11.3 Å². The molecule has 1 fully saturated rings. The lowest BCUT2D eigenvalue weighted by molar-refractivity contribution is -0.158. The molecule has 9 nitrogen and oxygen atoms in total. The Balaban J connectivity index is 1.54. The molecule has 3 amide bonds. The van der Waals surface area contributed by atoms with Gasteiger partial charge in [0.15, 0.2) is 0 Å². The summed E-state index contributed by atoms with van der Waals surface area (Å²) in [6.07, 6.45) is 3.59. The molecule has 1 saturated heterocycles. The van der Waals surface area contributed by atoms with Crippen molar-refractivity contribution >= 4 is 17.7 Å². The average molecular weight is 599 g/mol. The summed E-state index contributed by atoms with van der Waals surface area (Å²) in [4.78, 5) is 45.8. The molecule has 1 aromatic heterocycles. The van der Waals surface area contributed by atoms with Crippen molar-refractivity contribution in [2.75, 3.05) is 0 Å². The molecule has 0 spiro atoms. The van der Waals surface area contributed by atoms with Gasteiger partial charge >= 0.3 is 0 Å². The summed E-state index contributed by atoms with van der Waals surface area (Å²) in [5.74, 6) is -0.672. The van der Waals surface area contributed by atoms with Crippen LogP contribution in [0.25, 0.3) is 11.3 Å². The highest BCUT2D eigenvalue weighted by molar-refractivity contribution is 6.00. The minimum Gasteiger partial charge on any atom is -0.349 e. The summed E-state index contributed by atoms with van der Waals surface area (Å²) >= 11 is 0. The van der Waals surface area contributed by atoms with Crippen molar-refractivity contribution in [1.82, 2.24) is 30.5 Å². The molecule has 1 aliphatic carbocycles. The van der Waals surface area contributed by atoms with Gasteiger partial charge in [0.25, 0.3) is 0 Å². The first kappa shape index (κ1) is 31.4. The zero-order valence-corrected chi connectivity index (χ0v) is 27.2. The fraction of sp³-hybridized carbons (Fsp3) is 0.514. The lowest BCUT2D eigenvalue weighted by Crippen LogP contribution is -2.67. The second-order valence-electron chi connectivity index (χ2n) is 14.8. The fourth-order valence-electron chi connectivity index (χ4n) is 6.31. The molecule has 44 heavy (non-hydrogen) atoms. The monoisotopic (exact) mass is 598 g/mol. The van der Waals surface area contributed by atoms with Crippen LogP contribution in [0.2, 0.25) is 0 Å². The number of carbonyl (C=O) groups excluding carboxylic acids is 3. The van der Waals surface area contributed by atoms with Crippen molar-refractivity contribution in [3.05, 3.63) is 71.4 Å². The van der Waals surface area contributed by atoms with E-state index in [9.17, 15) is 14.4 Å². The van der Waals surface area contributed by atoms with Crippen LogP contribution < -0.4 is 10.6 Å². The lowest BCUT2D eigenvalue weighted by Gasteiger charge is -2.45. The molecule has 0 saturated carbocycles. The number of hydrogen-bond acceptors (Lipinski definition) is 5. The predicted octanol–water partition coefficient (Wildman–Crippen LogP) is 4.81. The molecular weight excluding hydrogens is 552 g/mol. The number of fused-ring (bicyclic) bond motifs is 1. The number of nitrogens with one attached hydrogen (secondary N) is 2. The maximum absolute atomic E-state index is 14.6. The summed E-state index contributed by atoms with van der Waals surface area (Å²) in [6.45, 7) is 15.9. The van der Waals surface area contributed by atoms with Crippen LogP contribution in [0.4, 0.5) is 0 Å². The molecule has 2 N–H and O–H groups in total. The van der Waals surface area contributed by atoms with Gasteiger partial charge < -0.3 is 15.5 Å². The van der Waals surface area contributed by atoms with Crippen LogP contribution in [0.3, 0.4) is 0 Å². The van der Waals surface area contributed by atoms with Crippen molar-refractivity contribution in [2.45, 2.75) is 104 Å². The van der Waals surface area contributed by atoms with E-state index < -0.39 is 23.7 Å². The Hall–Kier alpha value is -4.01. The third-order valence-corrected chi connectivity index (χ3v) is 8.34. The Morgan fingerprint density at radius 2 is 1.59 bits per heavy atom. The molecule has 1 unspecified atom stereocenters. The van der Waals surface area contributed by atoms with Gasteiger partial charge in [0.2, 0.25) is 17.7 Å². The first-order valence-electron chi connectivity index (χ1n) is 15.7. The Bertz CT molecular complexity index is 1500. The van der Waals surface area contributed by atoms with Crippen molar-refractivity contribution in [2.24, 2.45) is 11.8 Å². The molecule has 0 radical (unpaired) electrons. The number of nitrogens with zero attached hydrogens (tertiary/aromatic N) is 4. The summed E-state index contributed by atoms with van der Waals surface area (Å²) in [6, 6.07) is 13.3. The minimum absolute atomic E-state index is 0.0783. The fourth-order valence-corrected chi connectivity index (χ4v) is 6.31. The van der Waals surface area contributed by atoms with Crippen LogP contribution in [-0.4, -0.2) is 55.2 Å². The summed E-state index contributed by atoms with van der Waals surface area (Å²) in [5, 5.41) is 15.3. The van der Waals surface area contributed by atoms with Gasteiger partial charge in [-0.05, 0) is 89.3 Å². The van der Waals surface area contributed by atoms with Gasteiger partial charge in [-0.3, -0.25) is 14.4 Å². The largest absolute Gasteiger partial charge is 0.349 e. The van der Waals surface area contributed by atoms with Crippen molar-refractivity contribution in [3.63, 3.8) is 0 Å². The molecule has 2 heterocycles. The molecular formula is C35H46N6O3. The van der Waals surface area contributed by atoms with E-state index in [1.165, 1.54) is 11.1 Å². The molecule has 5 rings (SSSR count). The van der Waals surface area contributed by atoms with Crippen LogP contribution >= 0.6 is 0 Å².